The molecule has 2 aromatic rings. The zero-order chi connectivity index (χ0) is 40.8. The molecule has 2 aromatic carbocycles. The Morgan fingerprint density at radius 3 is 2.09 bits per heavy atom. The maximum Gasteiger partial charge on any atom is 0.335 e. The molecule has 0 bridgehead atoms. The molecule has 0 unspecified atom stereocenters. The molecule has 0 saturated carbocycles. The number of carboxylic acid groups (broad SMARTS) is 1. The summed E-state index contributed by atoms with van der Waals surface area (Å²) in [5.74, 6) is -0.785. The van der Waals surface area contributed by atoms with E-state index in [0.29, 0.717) is 25.6 Å². The minimum Gasteiger partial charge on any atom is -0.493 e. The van der Waals surface area contributed by atoms with E-state index in [1.165, 1.54) is 12.1 Å². The van der Waals surface area contributed by atoms with Gasteiger partial charge in [0.15, 0.2) is 12.4 Å². The molecule has 17 nitrogen and oxygen atoms in total. The Morgan fingerprint density at radius 1 is 0.945 bits per heavy atom. The zero-order valence-electron chi connectivity index (χ0n) is 31.2. The maximum absolute atomic E-state index is 13.3. The summed E-state index contributed by atoms with van der Waals surface area (Å²) >= 11 is 0. The van der Waals surface area contributed by atoms with Gasteiger partial charge in [0.1, 0.15) is 54.3 Å². The van der Waals surface area contributed by atoms with Gasteiger partial charge in [-0.2, -0.15) is 0 Å². The highest BCUT2D eigenvalue weighted by Gasteiger charge is 2.47. The molecule has 18 heteroatoms. The van der Waals surface area contributed by atoms with Gasteiger partial charge >= 0.3 is 12.0 Å². The number of aliphatic carboxylic acids is 1. The van der Waals surface area contributed by atoms with Crippen molar-refractivity contribution >= 4 is 12.0 Å². The number of urea groups is 1. The van der Waals surface area contributed by atoms with Crippen LogP contribution in [0.5, 0.6) is 5.75 Å². The van der Waals surface area contributed by atoms with Crippen LogP contribution in [-0.4, -0.2) is 169 Å². The van der Waals surface area contributed by atoms with Crippen LogP contribution in [0.1, 0.15) is 37.8 Å². The Balaban J connectivity index is 0.000000306. The van der Waals surface area contributed by atoms with Gasteiger partial charge in [-0.05, 0) is 74.3 Å². The summed E-state index contributed by atoms with van der Waals surface area (Å²) in [7, 11) is 2.11. The Morgan fingerprint density at radius 2 is 1.55 bits per heavy atom. The van der Waals surface area contributed by atoms with Gasteiger partial charge in [0.05, 0.1) is 19.8 Å². The van der Waals surface area contributed by atoms with Crippen LogP contribution in [0.3, 0.4) is 0 Å². The minimum atomic E-state index is -2.38. The van der Waals surface area contributed by atoms with Crippen LogP contribution in [0.25, 0.3) is 0 Å². The molecule has 2 heterocycles. The first-order valence-corrected chi connectivity index (χ1v) is 18.1. The average Bonchev–Trinajstić information content (AvgIpc) is 3.18. The predicted octanol–water partition coefficient (Wildman–Crippen LogP) is -1.00. The number of carbonyl (C=O) groups is 2. The summed E-state index contributed by atoms with van der Waals surface area (Å²) < 4.78 is 28.9. The Labute approximate surface area is 319 Å². The molecule has 9 atom stereocenters. The van der Waals surface area contributed by atoms with E-state index < -0.39 is 74.3 Å². The zero-order valence-corrected chi connectivity index (χ0v) is 31.2. The summed E-state index contributed by atoms with van der Waals surface area (Å²) in [4.78, 5) is 28.2. The Hall–Kier alpha value is -3.53. The summed E-state index contributed by atoms with van der Waals surface area (Å²) in [6.07, 6.45) is -15.2. The van der Waals surface area contributed by atoms with Crippen molar-refractivity contribution < 1.29 is 74.1 Å². The van der Waals surface area contributed by atoms with Crippen molar-refractivity contribution in [3.8, 4) is 5.75 Å². The minimum absolute atomic E-state index is 0.0842. The van der Waals surface area contributed by atoms with Crippen molar-refractivity contribution in [2.75, 3.05) is 40.0 Å². The fourth-order valence-electron chi connectivity index (χ4n) is 5.85. The molecule has 0 aliphatic carbocycles. The van der Waals surface area contributed by atoms with Crippen LogP contribution in [0.4, 0.5) is 9.18 Å². The largest absolute Gasteiger partial charge is 0.493 e. The monoisotopic (exact) mass is 785 g/mol. The lowest BCUT2D eigenvalue weighted by molar-refractivity contribution is -0.325. The van der Waals surface area contributed by atoms with Gasteiger partial charge in [0.25, 0.3) is 0 Å². The van der Waals surface area contributed by atoms with Gasteiger partial charge in [-0.15, -0.1) is 0 Å². The van der Waals surface area contributed by atoms with Gasteiger partial charge in [0.2, 0.25) is 0 Å². The van der Waals surface area contributed by atoms with Crippen molar-refractivity contribution in [2.24, 2.45) is 5.92 Å². The Bertz CT molecular complexity index is 1430. The lowest BCUT2D eigenvalue weighted by Gasteiger charge is -2.42. The number of amides is 2. The fraction of sp³-hybridized carbons (Fsp3) is 0.622. The van der Waals surface area contributed by atoms with Gasteiger partial charge in [0, 0.05) is 19.1 Å². The van der Waals surface area contributed by atoms with Crippen LogP contribution >= 0.6 is 0 Å². The molecule has 310 valence electrons. The third-order valence-electron chi connectivity index (χ3n) is 9.23. The van der Waals surface area contributed by atoms with E-state index in [-0.39, 0.29) is 17.9 Å². The molecule has 55 heavy (non-hydrogen) atoms. The van der Waals surface area contributed by atoms with Gasteiger partial charge in [-0.1, -0.05) is 38.1 Å². The molecule has 4 rings (SSSR count). The van der Waals surface area contributed by atoms with Crippen LogP contribution in [-0.2, 0) is 27.4 Å². The number of benzene rings is 2. The number of hydrogen-bond acceptors (Lipinski definition) is 14. The van der Waals surface area contributed by atoms with E-state index in [1.54, 1.807) is 12.1 Å². The molecule has 0 radical (unpaired) electrons. The molecule has 0 aromatic heterocycles. The number of piperidine rings is 1. The van der Waals surface area contributed by atoms with E-state index in [9.17, 15) is 44.6 Å². The molecule has 2 aliphatic heterocycles. The van der Waals surface area contributed by atoms with E-state index in [2.05, 4.69) is 31.1 Å². The summed E-state index contributed by atoms with van der Waals surface area (Å²) in [5, 5.41) is 87.6. The van der Waals surface area contributed by atoms with E-state index >= 15 is 0 Å². The van der Waals surface area contributed by atoms with Crippen molar-refractivity contribution in [2.45, 2.75) is 101 Å². The summed E-state index contributed by atoms with van der Waals surface area (Å²) in [6, 6.07) is 14.3. The first kappa shape index (κ1) is 45.9. The van der Waals surface area contributed by atoms with Crippen LogP contribution in [0.15, 0.2) is 48.5 Å². The molecule has 2 aliphatic rings. The first-order chi connectivity index (χ1) is 26.1. The second kappa shape index (κ2) is 22.3. The highest BCUT2D eigenvalue weighted by molar-refractivity contribution is 5.74. The highest BCUT2D eigenvalue weighted by Crippen LogP contribution is 2.25. The molecule has 2 fully saturated rings. The fourth-order valence-corrected chi connectivity index (χ4v) is 5.85. The number of rotatable bonds is 16. The van der Waals surface area contributed by atoms with Gasteiger partial charge < -0.3 is 75.3 Å². The van der Waals surface area contributed by atoms with Gasteiger partial charge in [-0.3, -0.25) is 0 Å². The molecule has 10 N–H and O–H groups in total. The van der Waals surface area contributed by atoms with Gasteiger partial charge in [-0.25, -0.2) is 14.0 Å². The highest BCUT2D eigenvalue weighted by atomic mass is 19.1. The smallest absolute Gasteiger partial charge is 0.335 e. The SMILES string of the molecule is CC(C)COc1ccc(CNC(=O)N(Cc2ccc(F)cc2)C2CCN(C)CC2)cc1.O=C(O)[C@@H](O)[C@@H](O[C@@H]1O[C@H](CO)[C@H](O)[C@H](O)[C@H]1O)[C@H](O)[C@@H](O)CO. The van der Waals surface area contributed by atoms with E-state index in [0.717, 1.165) is 42.8 Å². The number of nitrogens with zero attached hydrogens (tertiary/aromatic N) is 2. The number of halogens is 1. The van der Waals surface area contributed by atoms with Crippen molar-refractivity contribution in [1.82, 2.24) is 15.1 Å². The van der Waals surface area contributed by atoms with Crippen molar-refractivity contribution in [3.63, 3.8) is 0 Å². The lowest BCUT2D eigenvalue weighted by Crippen LogP contribution is -2.62. The molecule has 2 amide bonds. The normalized spacial score (nSPS) is 24.2. The number of likely N-dealkylation sites (tertiary alicyclic amines) is 1. The number of ether oxygens (including phenoxy) is 3. The molecular weight excluding hydrogens is 729 g/mol. The second-order valence-corrected chi connectivity index (χ2v) is 14.1. The molecule has 0 spiro atoms. The van der Waals surface area contributed by atoms with Crippen LogP contribution in [0, 0.1) is 11.7 Å². The lowest BCUT2D eigenvalue weighted by atomic mass is 9.98. The molecule has 2 saturated heterocycles. The van der Waals surface area contributed by atoms with E-state index in [1.807, 2.05) is 29.2 Å². The number of aliphatic hydroxyl groups is 8. The third-order valence-corrected chi connectivity index (χ3v) is 9.23. The topological polar surface area (TPSA) is 262 Å². The number of carboxylic acids is 1. The standard InChI is InChI=1S/C25H34FN3O2.C12H22O12/c1-19(2)18-31-24-10-6-20(7-11-24)16-27-25(30)29(23-12-14-28(3)15-13-23)17-21-4-8-22(26)9-5-21;13-1-3(15)5(16)10(9(20)11(21)22)24-12-8(19)7(18)6(17)4(2-14)23-12/h4-11,19,23H,12-18H2,1-3H3,(H,27,30);3-10,12-20H,1-2H2,(H,21,22)/t;3-,4+,5+,6-,7-,8+,9-,10-,12-/m.0/s1. The third kappa shape index (κ3) is 13.9. The Kier molecular flexibility index (Phi) is 18.6. The van der Waals surface area contributed by atoms with E-state index in [4.69, 9.17) is 29.5 Å². The number of nitrogens with one attached hydrogen (secondary N) is 1. The van der Waals surface area contributed by atoms with Crippen molar-refractivity contribution in [1.29, 1.82) is 0 Å². The van der Waals surface area contributed by atoms with Crippen LogP contribution in [0.2, 0.25) is 0 Å². The maximum atomic E-state index is 13.3. The number of hydrogen-bond donors (Lipinski definition) is 10. The predicted molar refractivity (Wildman–Crippen MR) is 193 cm³/mol. The van der Waals surface area contributed by atoms with Crippen LogP contribution < -0.4 is 10.1 Å². The van der Waals surface area contributed by atoms with Crippen molar-refractivity contribution in [3.05, 3.63) is 65.5 Å². The quantitative estimate of drug-likeness (QED) is 0.0979. The number of carbonyl (C=O) groups excluding carboxylic acids is 1. The first-order valence-electron chi connectivity index (χ1n) is 18.1. The number of aliphatic hydroxyl groups excluding tert-OH is 8. The summed E-state index contributed by atoms with van der Waals surface area (Å²) in [6.45, 7) is 6.02. The molecular formula is C37H56FN3O14. The summed E-state index contributed by atoms with van der Waals surface area (Å²) in [5.41, 5.74) is 1.96. The second-order valence-electron chi connectivity index (χ2n) is 14.1. The average molecular weight is 786 g/mol.